The van der Waals surface area contributed by atoms with Gasteiger partial charge in [0.15, 0.2) is 0 Å². The summed E-state index contributed by atoms with van der Waals surface area (Å²) >= 11 is 0. The first-order valence-corrected chi connectivity index (χ1v) is 11.7. The molecule has 0 aromatic heterocycles. The molecule has 2 heteroatoms. The molecule has 0 aliphatic rings. The smallest absolute Gasteiger partial charge is 0.305 e. The van der Waals surface area contributed by atoms with Gasteiger partial charge in [0.25, 0.3) is 0 Å². The van der Waals surface area contributed by atoms with Gasteiger partial charge in [-0.3, -0.25) is 8.58 Å². The third-order valence-corrected chi connectivity index (χ3v) is 5.85. The standard InChI is InChI=1S/C21H44P.V/c1-4-7-9-11-12-14-17-21(16-6-3)18-20-22-19-15-13-10-8-5-2;/h20-22H,4-19H2,1-3H3;/q-1;+2. The van der Waals surface area contributed by atoms with Crippen LogP contribution in [0.4, 0.5) is 0 Å². The van der Waals surface area contributed by atoms with Crippen LogP contribution in [0.2, 0.25) is 0 Å². The molecule has 0 saturated heterocycles. The molecule has 0 N–H and O–H groups in total. The first-order valence-electron chi connectivity index (χ1n) is 10.4. The Balaban J connectivity index is 0. The Hall–Kier alpha value is 1.01. The quantitative estimate of drug-likeness (QED) is 0.128. The summed E-state index contributed by atoms with van der Waals surface area (Å²) in [5.74, 6) is 0.990. The van der Waals surface area contributed by atoms with Gasteiger partial charge in [0.05, 0.1) is 0 Å². The number of hydrogen-bond donors (Lipinski definition) is 0. The van der Waals surface area contributed by atoms with Gasteiger partial charge in [0.1, 0.15) is 0 Å². The third-order valence-electron chi connectivity index (χ3n) is 4.68. The Morgan fingerprint density at radius 2 is 1.22 bits per heavy atom. The molecule has 0 aliphatic heterocycles. The van der Waals surface area contributed by atoms with Crippen molar-refractivity contribution in [1.82, 2.24) is 0 Å². The summed E-state index contributed by atoms with van der Waals surface area (Å²) in [4.78, 5) is 0. The Bertz CT molecular complexity index is 196. The van der Waals surface area contributed by atoms with E-state index >= 15 is 0 Å². The molecule has 0 heterocycles. The molecular formula is C21H44PV+. The van der Waals surface area contributed by atoms with E-state index in [1.807, 2.05) is 0 Å². The van der Waals surface area contributed by atoms with Crippen molar-refractivity contribution < 1.29 is 18.6 Å². The van der Waals surface area contributed by atoms with Crippen molar-refractivity contribution in [2.24, 2.45) is 5.92 Å². The van der Waals surface area contributed by atoms with E-state index in [0.29, 0.717) is 0 Å². The van der Waals surface area contributed by atoms with E-state index in [2.05, 4.69) is 26.9 Å². The summed E-state index contributed by atoms with van der Waals surface area (Å²) in [7, 11) is 1.12. The predicted molar refractivity (Wildman–Crippen MR) is 107 cm³/mol. The largest absolute Gasteiger partial charge is 2.00 e. The monoisotopic (exact) mass is 378 g/mol. The molecule has 23 heavy (non-hydrogen) atoms. The minimum absolute atomic E-state index is 0. The molecule has 2 atom stereocenters. The average molecular weight is 379 g/mol. The normalized spacial score (nSPS) is 12.7. The molecule has 0 aliphatic carbocycles. The summed E-state index contributed by atoms with van der Waals surface area (Å²) in [5, 5.41) is 0. The van der Waals surface area contributed by atoms with Gasteiger partial charge in [-0.15, -0.1) is 0 Å². The van der Waals surface area contributed by atoms with Crippen molar-refractivity contribution in [1.29, 1.82) is 0 Å². The maximum atomic E-state index is 2.64. The van der Waals surface area contributed by atoms with Gasteiger partial charge in [-0.25, -0.2) is 0 Å². The second kappa shape index (κ2) is 23.0. The first kappa shape index (κ1) is 26.2. The Kier molecular flexibility index (Phi) is 26.3. The molecular weight excluding hydrogens is 334 g/mol. The Morgan fingerprint density at radius 1 is 0.652 bits per heavy atom. The zero-order valence-electron chi connectivity index (χ0n) is 16.4. The predicted octanol–water partition coefficient (Wildman–Crippen LogP) is 8.35. The van der Waals surface area contributed by atoms with Crippen LogP contribution in [0.1, 0.15) is 117 Å². The van der Waals surface area contributed by atoms with E-state index in [9.17, 15) is 0 Å². The molecule has 1 radical (unpaired) electrons. The molecule has 0 bridgehead atoms. The maximum Gasteiger partial charge on any atom is 2.00 e. The first-order chi connectivity index (χ1) is 10.8. The summed E-state index contributed by atoms with van der Waals surface area (Å²) in [5.41, 5.74) is 0. The van der Waals surface area contributed by atoms with Crippen molar-refractivity contribution in [3.63, 3.8) is 0 Å². The van der Waals surface area contributed by atoms with Gasteiger partial charge in [-0.2, -0.15) is 6.42 Å². The minimum Gasteiger partial charge on any atom is -0.305 e. The van der Waals surface area contributed by atoms with Crippen LogP contribution in [-0.4, -0.2) is 6.16 Å². The molecule has 0 saturated carbocycles. The van der Waals surface area contributed by atoms with Gasteiger partial charge >= 0.3 is 18.6 Å². The van der Waals surface area contributed by atoms with Crippen molar-refractivity contribution >= 4 is 8.58 Å². The zero-order chi connectivity index (χ0) is 16.3. The molecule has 0 spiro atoms. The second-order valence-corrected chi connectivity index (χ2v) is 8.34. The fourth-order valence-electron chi connectivity index (χ4n) is 3.18. The number of rotatable bonds is 18. The molecule has 0 amide bonds. The van der Waals surface area contributed by atoms with Gasteiger partial charge in [0.2, 0.25) is 0 Å². The third kappa shape index (κ3) is 21.0. The van der Waals surface area contributed by atoms with E-state index in [4.69, 9.17) is 0 Å². The summed E-state index contributed by atoms with van der Waals surface area (Å²) in [6.45, 7) is 6.95. The molecule has 0 nitrogen and oxygen atoms in total. The number of hydrogen-bond acceptors (Lipinski definition) is 0. The van der Waals surface area contributed by atoms with Crippen LogP contribution in [0.15, 0.2) is 0 Å². The van der Waals surface area contributed by atoms with Crippen LogP contribution in [0.3, 0.4) is 0 Å². The number of unbranched alkanes of at least 4 members (excludes halogenated alkanes) is 9. The SMILES string of the molecule is CCCCCCCCC(C[CH-]PCCCCCCC)CCC.[V+2]. The molecule has 137 valence electrons. The van der Waals surface area contributed by atoms with E-state index in [1.54, 1.807) is 0 Å². The van der Waals surface area contributed by atoms with Crippen molar-refractivity contribution in [3.8, 4) is 0 Å². The molecule has 0 aromatic carbocycles. The molecule has 0 aromatic rings. The maximum absolute atomic E-state index is 2.64. The summed E-state index contributed by atoms with van der Waals surface area (Å²) in [6.07, 6.45) is 25.7. The van der Waals surface area contributed by atoms with E-state index in [1.165, 1.54) is 102 Å². The van der Waals surface area contributed by atoms with Crippen LogP contribution >= 0.6 is 8.58 Å². The van der Waals surface area contributed by atoms with E-state index in [-0.39, 0.29) is 18.6 Å². The van der Waals surface area contributed by atoms with Crippen molar-refractivity contribution in [2.45, 2.75) is 117 Å². The van der Waals surface area contributed by atoms with Gasteiger partial charge in [-0.1, -0.05) is 123 Å². The fourth-order valence-corrected chi connectivity index (χ4v) is 4.34. The topological polar surface area (TPSA) is 0 Å². The van der Waals surface area contributed by atoms with Crippen molar-refractivity contribution in [2.75, 3.05) is 6.16 Å². The van der Waals surface area contributed by atoms with E-state index in [0.717, 1.165) is 14.5 Å². The van der Waals surface area contributed by atoms with Gasteiger partial charge in [0, 0.05) is 0 Å². The van der Waals surface area contributed by atoms with E-state index < -0.39 is 0 Å². The van der Waals surface area contributed by atoms with Gasteiger partial charge in [-0.05, 0) is 0 Å². The fraction of sp³-hybridized carbons (Fsp3) is 0.952. The second-order valence-electron chi connectivity index (χ2n) is 7.02. The van der Waals surface area contributed by atoms with Crippen LogP contribution in [0, 0.1) is 12.1 Å². The van der Waals surface area contributed by atoms with Crippen LogP contribution < -0.4 is 0 Å². The summed E-state index contributed by atoms with van der Waals surface area (Å²) in [6, 6.07) is 0. The van der Waals surface area contributed by atoms with Gasteiger partial charge < -0.3 is 6.16 Å². The minimum atomic E-state index is 0. The Morgan fingerprint density at radius 3 is 1.83 bits per heavy atom. The average Bonchev–Trinajstić information content (AvgIpc) is 2.53. The van der Waals surface area contributed by atoms with Crippen LogP contribution in [0.5, 0.6) is 0 Å². The van der Waals surface area contributed by atoms with Crippen LogP contribution in [0.25, 0.3) is 0 Å². The molecule has 0 fully saturated rings. The molecule has 2 unspecified atom stereocenters. The van der Waals surface area contributed by atoms with Crippen molar-refractivity contribution in [3.05, 3.63) is 6.16 Å². The summed E-state index contributed by atoms with van der Waals surface area (Å²) < 4.78 is 0. The molecule has 0 rings (SSSR count). The van der Waals surface area contributed by atoms with Crippen LogP contribution in [-0.2, 0) is 18.6 Å². The Labute approximate surface area is 162 Å². The zero-order valence-corrected chi connectivity index (χ0v) is 18.8.